The molecule has 12 heteroatoms. The SMILES string of the molecule is CC(Oc1cc(C(=O)OCCS(=O)(=O)[O-])ccc1OC(F)(F)F)OC1CCCC1. The number of halogens is 3. The molecule has 1 aromatic carbocycles. The lowest BCUT2D eigenvalue weighted by molar-refractivity contribution is -0.275. The lowest BCUT2D eigenvalue weighted by Crippen LogP contribution is -2.24. The monoisotopic (exact) mass is 441 g/mol. The first kappa shape index (κ1) is 23.2. The summed E-state index contributed by atoms with van der Waals surface area (Å²) in [6.45, 7) is 0.808. The predicted octanol–water partition coefficient (Wildman–Crippen LogP) is 2.97. The van der Waals surface area contributed by atoms with Crippen molar-refractivity contribution < 1.29 is 49.9 Å². The van der Waals surface area contributed by atoms with Gasteiger partial charge < -0.3 is 23.5 Å². The second-order valence-electron chi connectivity index (χ2n) is 6.34. The van der Waals surface area contributed by atoms with Crippen LogP contribution in [0.25, 0.3) is 0 Å². The molecular formula is C17H20F3O8S-. The fourth-order valence-corrected chi connectivity index (χ4v) is 3.05. The van der Waals surface area contributed by atoms with Crippen LogP contribution < -0.4 is 9.47 Å². The number of esters is 1. The van der Waals surface area contributed by atoms with Crippen molar-refractivity contribution in [1.29, 1.82) is 0 Å². The number of carbonyl (C=O) groups excluding carboxylic acids is 1. The molecule has 2 rings (SSSR count). The number of alkyl halides is 3. The Morgan fingerprint density at radius 3 is 2.48 bits per heavy atom. The van der Waals surface area contributed by atoms with Crippen molar-refractivity contribution in [3.63, 3.8) is 0 Å². The molecule has 0 amide bonds. The summed E-state index contributed by atoms with van der Waals surface area (Å²) in [5.74, 6) is -3.05. The molecular weight excluding hydrogens is 421 g/mol. The first-order valence-electron chi connectivity index (χ1n) is 8.75. The average Bonchev–Trinajstić information content (AvgIpc) is 3.06. The molecule has 29 heavy (non-hydrogen) atoms. The zero-order chi connectivity index (χ0) is 21.7. The van der Waals surface area contributed by atoms with Gasteiger partial charge in [0.2, 0.25) is 0 Å². The van der Waals surface area contributed by atoms with Gasteiger partial charge in [-0.2, -0.15) is 0 Å². The minimum atomic E-state index is -4.99. The van der Waals surface area contributed by atoms with E-state index in [1.807, 2.05) is 0 Å². The van der Waals surface area contributed by atoms with Crippen molar-refractivity contribution in [1.82, 2.24) is 0 Å². The highest BCUT2D eigenvalue weighted by molar-refractivity contribution is 7.85. The fraction of sp³-hybridized carbons (Fsp3) is 0.588. The van der Waals surface area contributed by atoms with E-state index < -0.39 is 52.6 Å². The molecule has 1 aliphatic carbocycles. The van der Waals surface area contributed by atoms with Gasteiger partial charge >= 0.3 is 12.3 Å². The predicted molar refractivity (Wildman–Crippen MR) is 91.4 cm³/mol. The Hall–Kier alpha value is -2.05. The molecule has 0 heterocycles. The Morgan fingerprint density at radius 2 is 1.90 bits per heavy atom. The number of ether oxygens (including phenoxy) is 4. The zero-order valence-electron chi connectivity index (χ0n) is 15.4. The van der Waals surface area contributed by atoms with E-state index in [2.05, 4.69) is 9.47 Å². The van der Waals surface area contributed by atoms with Crippen LogP contribution in [0.15, 0.2) is 18.2 Å². The molecule has 0 radical (unpaired) electrons. The van der Waals surface area contributed by atoms with Crippen molar-refractivity contribution in [3.8, 4) is 11.5 Å². The van der Waals surface area contributed by atoms with Gasteiger partial charge in [0, 0.05) is 0 Å². The summed E-state index contributed by atoms with van der Waals surface area (Å²) < 4.78 is 89.1. The minimum Gasteiger partial charge on any atom is -0.748 e. The smallest absolute Gasteiger partial charge is 0.573 e. The van der Waals surface area contributed by atoms with E-state index in [0.29, 0.717) is 0 Å². The lowest BCUT2D eigenvalue weighted by atomic mass is 10.2. The molecule has 0 aromatic heterocycles. The quantitative estimate of drug-likeness (QED) is 0.327. The zero-order valence-corrected chi connectivity index (χ0v) is 16.3. The number of benzene rings is 1. The van der Waals surface area contributed by atoms with E-state index >= 15 is 0 Å². The Bertz CT molecular complexity index is 803. The van der Waals surface area contributed by atoms with Gasteiger partial charge in [0.15, 0.2) is 17.8 Å². The molecule has 164 valence electrons. The normalized spacial score (nSPS) is 16.4. The van der Waals surface area contributed by atoms with Gasteiger partial charge in [-0.3, -0.25) is 0 Å². The largest absolute Gasteiger partial charge is 0.748 e. The summed E-state index contributed by atoms with van der Waals surface area (Å²) in [6.07, 6.45) is -2.37. The van der Waals surface area contributed by atoms with Crippen molar-refractivity contribution in [2.24, 2.45) is 0 Å². The summed E-state index contributed by atoms with van der Waals surface area (Å²) in [5.41, 5.74) is -0.217. The van der Waals surface area contributed by atoms with Gasteiger partial charge in [-0.25, -0.2) is 13.2 Å². The molecule has 0 N–H and O–H groups in total. The molecule has 0 saturated heterocycles. The Labute approximate surface area is 165 Å². The highest BCUT2D eigenvalue weighted by Crippen LogP contribution is 2.34. The summed E-state index contributed by atoms with van der Waals surface area (Å²) in [4.78, 5) is 12.0. The Kier molecular flexibility index (Phi) is 7.72. The van der Waals surface area contributed by atoms with Gasteiger partial charge in [0.25, 0.3) is 0 Å². The molecule has 1 unspecified atom stereocenters. The van der Waals surface area contributed by atoms with Crippen molar-refractivity contribution in [3.05, 3.63) is 23.8 Å². The van der Waals surface area contributed by atoms with Crippen LogP contribution >= 0.6 is 0 Å². The molecule has 0 aliphatic heterocycles. The summed E-state index contributed by atoms with van der Waals surface area (Å²) >= 11 is 0. The van der Waals surface area contributed by atoms with Crippen LogP contribution in [0, 0.1) is 0 Å². The van der Waals surface area contributed by atoms with Crippen LogP contribution in [0.1, 0.15) is 43.0 Å². The second-order valence-corrected chi connectivity index (χ2v) is 7.86. The number of hydrogen-bond donors (Lipinski definition) is 0. The second kappa shape index (κ2) is 9.63. The summed E-state index contributed by atoms with van der Waals surface area (Å²) in [7, 11) is -4.58. The van der Waals surface area contributed by atoms with Gasteiger partial charge in [0.05, 0.1) is 27.5 Å². The van der Waals surface area contributed by atoms with Crippen molar-refractivity contribution >= 4 is 16.1 Å². The maximum absolute atomic E-state index is 12.6. The minimum absolute atomic E-state index is 0.0702. The first-order chi connectivity index (χ1) is 13.4. The molecule has 1 fully saturated rings. The molecule has 0 spiro atoms. The molecule has 8 nitrogen and oxygen atoms in total. The lowest BCUT2D eigenvalue weighted by Gasteiger charge is -2.22. The van der Waals surface area contributed by atoms with E-state index in [4.69, 9.17) is 9.47 Å². The van der Waals surface area contributed by atoms with Crippen molar-refractivity contribution in [2.75, 3.05) is 12.4 Å². The average molecular weight is 441 g/mol. The molecule has 1 atom stereocenters. The van der Waals surface area contributed by atoms with E-state index in [-0.39, 0.29) is 11.7 Å². The van der Waals surface area contributed by atoms with E-state index in [9.17, 15) is 30.9 Å². The van der Waals surface area contributed by atoms with Crippen LogP contribution in [0.5, 0.6) is 11.5 Å². The van der Waals surface area contributed by atoms with Crippen LogP contribution in [-0.4, -0.2) is 50.1 Å². The molecule has 1 aliphatic rings. The summed E-state index contributed by atoms with van der Waals surface area (Å²) in [6, 6.07) is 2.82. The van der Waals surface area contributed by atoms with Gasteiger partial charge in [-0.15, -0.1) is 13.2 Å². The molecule has 0 bridgehead atoms. The highest BCUT2D eigenvalue weighted by Gasteiger charge is 2.33. The van der Waals surface area contributed by atoms with Gasteiger partial charge in [-0.05, 0) is 38.0 Å². The Balaban J connectivity index is 2.13. The van der Waals surface area contributed by atoms with Crippen molar-refractivity contribution in [2.45, 2.75) is 51.4 Å². The summed E-state index contributed by atoms with van der Waals surface area (Å²) in [5, 5.41) is 0. The van der Waals surface area contributed by atoms with Gasteiger partial charge in [0.1, 0.15) is 6.61 Å². The molecule has 1 aromatic rings. The maximum atomic E-state index is 12.6. The van der Waals surface area contributed by atoms with E-state index in [1.54, 1.807) is 0 Å². The van der Waals surface area contributed by atoms with Gasteiger partial charge in [-0.1, -0.05) is 12.8 Å². The Morgan fingerprint density at radius 1 is 1.24 bits per heavy atom. The fourth-order valence-electron chi connectivity index (χ4n) is 2.76. The standard InChI is InChI=1S/C17H21F3O8S/c1-11(26-13-4-2-3-5-13)27-15-10-12(6-7-14(15)28-17(18,19)20)16(21)25-8-9-29(22,23)24/h6-7,10-11,13H,2-5,8-9H2,1H3,(H,22,23,24)/p-1. The number of hydrogen-bond acceptors (Lipinski definition) is 8. The van der Waals surface area contributed by atoms with Crippen LogP contribution in [-0.2, 0) is 19.6 Å². The van der Waals surface area contributed by atoms with Crippen LogP contribution in [0.2, 0.25) is 0 Å². The first-order valence-corrected chi connectivity index (χ1v) is 10.3. The van der Waals surface area contributed by atoms with E-state index in [1.165, 1.54) is 6.92 Å². The third-order valence-corrected chi connectivity index (χ3v) is 4.62. The topological polar surface area (TPSA) is 111 Å². The van der Waals surface area contributed by atoms with E-state index in [0.717, 1.165) is 43.9 Å². The van der Waals surface area contributed by atoms with Crippen LogP contribution in [0.3, 0.4) is 0 Å². The third kappa shape index (κ3) is 8.46. The van der Waals surface area contributed by atoms with Crippen LogP contribution in [0.4, 0.5) is 13.2 Å². The highest BCUT2D eigenvalue weighted by atomic mass is 32.2. The number of carbonyl (C=O) groups is 1. The number of rotatable bonds is 9. The molecule has 1 saturated carbocycles. The third-order valence-electron chi connectivity index (χ3n) is 3.95. The maximum Gasteiger partial charge on any atom is 0.573 e.